The number of hydrogen-bond donors (Lipinski definition) is 1. The highest BCUT2D eigenvalue weighted by Gasteiger charge is 2.33. The normalized spacial score (nSPS) is 18.7. The van der Waals surface area contributed by atoms with Crippen LogP contribution in [0, 0.1) is 12.7 Å². The second-order valence-corrected chi connectivity index (χ2v) is 8.03. The second kappa shape index (κ2) is 7.63. The number of piperidine rings is 1. The Balaban J connectivity index is 1.88. The fourth-order valence-electron chi connectivity index (χ4n) is 3.14. The number of nitrogens with zero attached hydrogens (tertiary/aromatic N) is 3. The van der Waals surface area contributed by atoms with Crippen LogP contribution in [0.2, 0.25) is 0 Å². The summed E-state index contributed by atoms with van der Waals surface area (Å²) in [6.45, 7) is 3.66. The third kappa shape index (κ3) is 4.52. The van der Waals surface area contributed by atoms with Gasteiger partial charge in [0.05, 0.1) is 11.1 Å². The van der Waals surface area contributed by atoms with Gasteiger partial charge < -0.3 is 10.0 Å². The minimum Gasteiger partial charge on any atom is -0.507 e. The predicted molar refractivity (Wildman–Crippen MR) is 95.2 cm³/mol. The van der Waals surface area contributed by atoms with Crippen molar-refractivity contribution in [3.05, 3.63) is 35.1 Å². The highest BCUT2D eigenvalue weighted by atomic mass is 32.2. The molecule has 2 aromatic rings. The van der Waals surface area contributed by atoms with Crippen molar-refractivity contribution in [2.24, 2.45) is 0 Å². The molecule has 1 aromatic heterocycles. The summed E-state index contributed by atoms with van der Waals surface area (Å²) in [5.74, 6) is -2.00. The predicted octanol–water partition coefficient (Wildman–Crippen LogP) is 4.50. The molecule has 1 aliphatic heterocycles. The van der Waals surface area contributed by atoms with Gasteiger partial charge in [-0.15, -0.1) is 10.2 Å². The van der Waals surface area contributed by atoms with Crippen molar-refractivity contribution in [2.45, 2.75) is 36.2 Å². The zero-order valence-corrected chi connectivity index (χ0v) is 15.7. The van der Waals surface area contributed by atoms with Crippen molar-refractivity contribution in [3.63, 3.8) is 0 Å². The Morgan fingerprint density at radius 1 is 1.22 bits per heavy atom. The number of phenols is 1. The van der Waals surface area contributed by atoms with E-state index in [0.717, 1.165) is 25.9 Å². The fourth-order valence-corrected chi connectivity index (χ4v) is 4.43. The summed E-state index contributed by atoms with van der Waals surface area (Å²) < 4.78 is 52.5. The molecule has 0 aliphatic carbocycles. The number of aromatic hydroxyl groups is 1. The summed E-state index contributed by atoms with van der Waals surface area (Å²) in [5.41, 5.74) is -1.06. The molecule has 1 saturated heterocycles. The van der Waals surface area contributed by atoms with E-state index in [1.807, 2.05) is 0 Å². The topological polar surface area (TPSA) is 49.2 Å². The monoisotopic (exact) mass is 401 g/mol. The van der Waals surface area contributed by atoms with Crippen LogP contribution >= 0.6 is 11.8 Å². The lowest BCUT2D eigenvalue weighted by molar-refractivity contribution is -0.137. The van der Waals surface area contributed by atoms with Crippen LogP contribution in [0.25, 0.3) is 11.3 Å². The van der Waals surface area contributed by atoms with Gasteiger partial charge in [-0.2, -0.15) is 13.2 Å². The first-order valence-corrected chi connectivity index (χ1v) is 9.32. The maximum absolute atomic E-state index is 14.3. The Labute approximate surface area is 158 Å². The lowest BCUT2D eigenvalue weighted by Crippen LogP contribution is -2.33. The van der Waals surface area contributed by atoms with Crippen LogP contribution in [0.4, 0.5) is 17.6 Å². The lowest BCUT2D eigenvalue weighted by atomic mass is 10.0. The van der Waals surface area contributed by atoms with Crippen molar-refractivity contribution in [3.8, 4) is 17.0 Å². The first-order valence-electron chi connectivity index (χ1n) is 8.44. The van der Waals surface area contributed by atoms with Gasteiger partial charge in [-0.3, -0.25) is 0 Å². The zero-order chi connectivity index (χ0) is 19.8. The van der Waals surface area contributed by atoms with E-state index >= 15 is 0 Å². The Kier molecular flexibility index (Phi) is 5.62. The lowest BCUT2D eigenvalue weighted by Gasteiger charge is -2.28. The standard InChI is InChI=1S/C18H19F4N3OS/c1-10-6-15(27-12-4-3-5-25(2)9-12)23-24-17(10)16-13(19)7-11(8-14(16)26)18(20,21)22/h6-8,12,26H,3-5,9H2,1-2H3/t12-/m1/s1. The summed E-state index contributed by atoms with van der Waals surface area (Å²) in [4.78, 5) is 2.24. The van der Waals surface area contributed by atoms with E-state index in [1.165, 1.54) is 0 Å². The van der Waals surface area contributed by atoms with Gasteiger partial charge in [-0.1, -0.05) is 11.8 Å². The summed E-state index contributed by atoms with van der Waals surface area (Å²) >= 11 is 1.58. The molecule has 27 heavy (non-hydrogen) atoms. The van der Waals surface area contributed by atoms with Crippen LogP contribution in [0.15, 0.2) is 23.2 Å². The molecule has 0 radical (unpaired) electrons. The molecule has 0 bridgehead atoms. The Hall–Kier alpha value is -1.87. The maximum Gasteiger partial charge on any atom is 0.416 e. The molecule has 0 amide bonds. The summed E-state index contributed by atoms with van der Waals surface area (Å²) in [7, 11) is 2.06. The van der Waals surface area contributed by atoms with Gasteiger partial charge in [0.2, 0.25) is 0 Å². The van der Waals surface area contributed by atoms with Crippen molar-refractivity contribution < 1.29 is 22.7 Å². The van der Waals surface area contributed by atoms with E-state index in [0.29, 0.717) is 28.0 Å². The summed E-state index contributed by atoms with van der Waals surface area (Å²) in [5, 5.41) is 19.1. The maximum atomic E-state index is 14.3. The first-order chi connectivity index (χ1) is 12.6. The van der Waals surface area contributed by atoms with Gasteiger partial charge in [-0.25, -0.2) is 4.39 Å². The van der Waals surface area contributed by atoms with Crippen LogP contribution in [0.3, 0.4) is 0 Å². The average molecular weight is 401 g/mol. The van der Waals surface area contributed by atoms with E-state index in [2.05, 4.69) is 22.1 Å². The number of aryl methyl sites for hydroxylation is 1. The molecule has 1 fully saturated rings. The number of halogens is 4. The van der Waals surface area contributed by atoms with E-state index in [9.17, 15) is 22.7 Å². The van der Waals surface area contributed by atoms with Gasteiger partial charge in [0.25, 0.3) is 0 Å². The molecule has 0 saturated carbocycles. The van der Waals surface area contributed by atoms with E-state index in [-0.39, 0.29) is 11.3 Å². The third-order valence-corrected chi connectivity index (χ3v) is 5.62. The molecule has 2 heterocycles. The Bertz CT molecular complexity index is 821. The molecule has 1 N–H and O–H groups in total. The van der Waals surface area contributed by atoms with Crippen LogP contribution in [-0.2, 0) is 6.18 Å². The van der Waals surface area contributed by atoms with Crippen molar-refractivity contribution >= 4 is 11.8 Å². The van der Waals surface area contributed by atoms with Crippen molar-refractivity contribution in [1.29, 1.82) is 0 Å². The molecular weight excluding hydrogens is 382 g/mol. The number of thioether (sulfide) groups is 1. The number of benzene rings is 1. The first kappa shape index (κ1) is 19.9. The van der Waals surface area contributed by atoms with Gasteiger partial charge in [0.15, 0.2) is 0 Å². The van der Waals surface area contributed by atoms with Crippen molar-refractivity contribution in [2.75, 3.05) is 20.1 Å². The molecule has 146 valence electrons. The molecular formula is C18H19F4N3OS. The molecule has 9 heteroatoms. The Morgan fingerprint density at radius 2 is 1.96 bits per heavy atom. The fraction of sp³-hybridized carbons (Fsp3) is 0.444. The van der Waals surface area contributed by atoms with Crippen LogP contribution in [0.5, 0.6) is 5.75 Å². The second-order valence-electron chi connectivity index (χ2n) is 6.71. The number of rotatable bonds is 3. The minimum atomic E-state index is -4.74. The molecule has 1 aromatic carbocycles. The number of aromatic nitrogens is 2. The number of phenolic OH excluding ortho intramolecular Hbond substituents is 1. The van der Waals surface area contributed by atoms with Gasteiger partial charge in [-0.05, 0) is 57.1 Å². The van der Waals surface area contributed by atoms with Crippen molar-refractivity contribution in [1.82, 2.24) is 15.1 Å². The summed E-state index contributed by atoms with van der Waals surface area (Å²) in [6.07, 6.45) is -2.58. The van der Waals surface area contributed by atoms with E-state index < -0.39 is 23.3 Å². The van der Waals surface area contributed by atoms with Crippen LogP contribution in [-0.4, -0.2) is 45.6 Å². The average Bonchev–Trinajstić information content (AvgIpc) is 2.55. The van der Waals surface area contributed by atoms with Crippen LogP contribution < -0.4 is 0 Å². The highest BCUT2D eigenvalue weighted by Crippen LogP contribution is 2.39. The molecule has 1 aliphatic rings. The van der Waals surface area contributed by atoms with E-state index in [1.54, 1.807) is 24.8 Å². The number of likely N-dealkylation sites (tertiary alicyclic amines) is 1. The Morgan fingerprint density at radius 3 is 2.56 bits per heavy atom. The quantitative estimate of drug-likeness (QED) is 0.768. The van der Waals surface area contributed by atoms with Crippen LogP contribution in [0.1, 0.15) is 24.0 Å². The smallest absolute Gasteiger partial charge is 0.416 e. The molecule has 0 unspecified atom stereocenters. The highest BCUT2D eigenvalue weighted by molar-refractivity contribution is 7.99. The molecule has 1 atom stereocenters. The van der Waals surface area contributed by atoms with Gasteiger partial charge in [0.1, 0.15) is 22.3 Å². The van der Waals surface area contributed by atoms with Gasteiger partial charge >= 0.3 is 6.18 Å². The zero-order valence-electron chi connectivity index (χ0n) is 14.8. The number of alkyl halides is 3. The van der Waals surface area contributed by atoms with Gasteiger partial charge in [0, 0.05) is 11.8 Å². The largest absolute Gasteiger partial charge is 0.507 e. The minimum absolute atomic E-state index is 0.0313. The molecule has 0 spiro atoms. The third-order valence-electron chi connectivity index (χ3n) is 4.46. The molecule has 4 nitrogen and oxygen atoms in total. The molecule has 3 rings (SSSR count). The summed E-state index contributed by atoms with van der Waals surface area (Å²) in [6, 6.07) is 2.58. The SMILES string of the molecule is Cc1cc(S[C@@H]2CCCN(C)C2)nnc1-c1c(O)cc(C(F)(F)F)cc1F. The number of hydrogen-bond acceptors (Lipinski definition) is 5. The van der Waals surface area contributed by atoms with E-state index in [4.69, 9.17) is 0 Å².